The molecule has 0 aromatic heterocycles. The van der Waals surface area contributed by atoms with Crippen molar-refractivity contribution in [2.45, 2.75) is 0 Å². The zero-order chi connectivity index (χ0) is 5.11. The molecular weight excluding hydrogens is 219 g/mol. The second-order valence-electron chi connectivity index (χ2n) is 1.15. The molecule has 0 atom stereocenters. The van der Waals surface area contributed by atoms with Crippen LogP contribution < -0.4 is 0 Å². The van der Waals surface area contributed by atoms with Crippen LogP contribution >= 0.6 is 33.4 Å². The topological polar surface area (TPSA) is 0 Å². The number of allylic oxidation sites excluding steroid dienone is 2. The lowest BCUT2D eigenvalue weighted by Gasteiger charge is -1.87. The monoisotopic (exact) mass is 224 g/mol. The fourth-order valence-electron chi connectivity index (χ4n) is 0.314. The molecule has 1 aliphatic rings. The highest BCUT2D eigenvalue weighted by Gasteiger charge is 1.80. The molecule has 0 radical (unpaired) electrons. The Morgan fingerprint density at radius 2 is 2.43 bits per heavy atom. The molecule has 0 aliphatic carbocycles. The van der Waals surface area contributed by atoms with Gasteiger partial charge in [-0.25, -0.2) is 0 Å². The minimum Gasteiger partial charge on any atom is -0.143 e. The van der Waals surface area contributed by atoms with E-state index in [1.165, 1.54) is 0 Å². The first-order valence-corrected chi connectivity index (χ1v) is 4.84. The molecule has 0 fully saturated rings. The Balaban J connectivity index is 2.82. The Labute approximate surface area is 58.5 Å². The van der Waals surface area contributed by atoms with E-state index in [9.17, 15) is 0 Å². The third kappa shape index (κ3) is 1.78. The molecule has 0 N–H and O–H groups in total. The highest BCUT2D eigenvalue weighted by molar-refractivity contribution is 14.2. The fourth-order valence-corrected chi connectivity index (χ4v) is 2.01. The van der Waals surface area contributed by atoms with Gasteiger partial charge in [-0.2, -0.15) is 0 Å². The first-order valence-electron chi connectivity index (χ1n) is 1.90. The van der Waals surface area contributed by atoms with Crippen molar-refractivity contribution in [2.24, 2.45) is 0 Å². The van der Waals surface area contributed by atoms with Crippen LogP contribution in [-0.2, 0) is 0 Å². The lowest BCUT2D eigenvalue weighted by molar-refractivity contribution is 2.02. The molecular formula is C5H5IS. The molecule has 38 valence electrons. The van der Waals surface area contributed by atoms with Gasteiger partial charge in [-0.15, -0.1) is 12.6 Å². The summed E-state index contributed by atoms with van der Waals surface area (Å²) >= 11 is 4.37. The van der Waals surface area contributed by atoms with E-state index in [0.717, 1.165) is 4.91 Å². The van der Waals surface area contributed by atoms with Crippen LogP contribution in [0.5, 0.6) is 0 Å². The van der Waals surface area contributed by atoms with Crippen LogP contribution in [0.2, 0.25) is 0 Å². The maximum absolute atomic E-state index is 4.14. The molecule has 0 aromatic rings. The summed E-state index contributed by atoms with van der Waals surface area (Å²) in [6, 6.07) is 0. The second-order valence-corrected chi connectivity index (χ2v) is 3.72. The molecule has 0 saturated heterocycles. The Hall–Kier alpha value is 0.430. The lowest BCUT2D eigenvalue weighted by Crippen LogP contribution is -1.64. The average Bonchev–Trinajstić information content (AvgIpc) is 1.69. The van der Waals surface area contributed by atoms with Crippen LogP contribution in [0.25, 0.3) is 0 Å². The van der Waals surface area contributed by atoms with Crippen molar-refractivity contribution >= 4 is 37.4 Å². The van der Waals surface area contributed by atoms with Gasteiger partial charge in [0.25, 0.3) is 0 Å². The second kappa shape index (κ2) is 2.67. The van der Waals surface area contributed by atoms with Gasteiger partial charge in [-0.3, -0.25) is 0 Å². The van der Waals surface area contributed by atoms with Gasteiger partial charge in [0.05, 0.1) is 0 Å². The Bertz CT molecular complexity index is 144. The largest absolute Gasteiger partial charge is 0.143 e. The summed E-state index contributed by atoms with van der Waals surface area (Å²) < 4.78 is 4.39. The smallest absolute Gasteiger partial charge is 0.00969 e. The molecule has 1 heterocycles. The highest BCUT2D eigenvalue weighted by Crippen LogP contribution is 2.13. The number of thiol groups is 1. The molecule has 1 rings (SSSR count). The normalized spacial score (nSPS) is 18.1. The molecule has 0 bridgehead atoms. The van der Waals surface area contributed by atoms with E-state index in [-0.39, 0.29) is 20.7 Å². The van der Waals surface area contributed by atoms with Gasteiger partial charge in [0, 0.05) is 4.91 Å². The zero-order valence-electron chi connectivity index (χ0n) is 3.63. The molecule has 0 amide bonds. The van der Waals surface area contributed by atoms with Crippen molar-refractivity contribution in [3.05, 3.63) is 21.1 Å². The van der Waals surface area contributed by atoms with Crippen molar-refractivity contribution in [1.29, 1.82) is 0 Å². The van der Waals surface area contributed by atoms with Gasteiger partial charge >= 0.3 is 0 Å². The van der Waals surface area contributed by atoms with Gasteiger partial charge in [-0.1, -0.05) is 26.8 Å². The summed E-state index contributed by atoms with van der Waals surface area (Å²) in [4.78, 5) is 1.12. The third-order valence-electron chi connectivity index (χ3n) is 0.587. The van der Waals surface area contributed by atoms with Crippen LogP contribution in [0.4, 0.5) is 0 Å². The number of hydrogen-bond donors (Lipinski definition) is 1. The van der Waals surface area contributed by atoms with E-state index in [4.69, 9.17) is 0 Å². The quantitative estimate of drug-likeness (QED) is 0.472. The van der Waals surface area contributed by atoms with Crippen molar-refractivity contribution in [2.75, 3.05) is 0 Å². The van der Waals surface area contributed by atoms with Crippen molar-refractivity contribution in [1.82, 2.24) is 0 Å². The molecule has 0 aromatic carbocycles. The first-order chi connectivity index (χ1) is 3.39. The van der Waals surface area contributed by atoms with Gasteiger partial charge < -0.3 is 0 Å². The molecule has 0 spiro atoms. The Morgan fingerprint density at radius 1 is 1.57 bits per heavy atom. The molecule has 1 aliphatic heterocycles. The predicted molar refractivity (Wildman–Crippen MR) is 46.3 cm³/mol. The molecule has 7 heavy (non-hydrogen) atoms. The van der Waals surface area contributed by atoms with E-state index in [1.54, 1.807) is 0 Å². The summed E-state index contributed by atoms with van der Waals surface area (Å²) in [7, 11) is 0. The summed E-state index contributed by atoms with van der Waals surface area (Å²) in [5, 5.41) is 0. The Kier molecular flexibility index (Phi) is 2.12. The van der Waals surface area contributed by atoms with E-state index in [0.29, 0.717) is 0 Å². The number of hydrogen-bond acceptors (Lipinski definition) is 1. The lowest BCUT2D eigenvalue weighted by atomic mass is 10.5. The van der Waals surface area contributed by atoms with Crippen molar-refractivity contribution < 1.29 is 0 Å². The van der Waals surface area contributed by atoms with E-state index >= 15 is 0 Å². The highest BCUT2D eigenvalue weighted by atomic mass is 127. The van der Waals surface area contributed by atoms with Crippen LogP contribution in [0.3, 0.4) is 0 Å². The minimum atomic E-state index is 0.224. The zero-order valence-corrected chi connectivity index (χ0v) is 6.69. The van der Waals surface area contributed by atoms with Crippen molar-refractivity contribution in [3.63, 3.8) is 0 Å². The van der Waals surface area contributed by atoms with Crippen LogP contribution in [-0.4, -0.2) is 4.01 Å². The van der Waals surface area contributed by atoms with Gasteiger partial charge in [-0.05, 0) is 14.2 Å². The molecule has 2 heteroatoms. The summed E-state index contributed by atoms with van der Waals surface area (Å²) in [6.07, 6.45) is 4.07. The molecule has 0 nitrogen and oxygen atoms in total. The van der Waals surface area contributed by atoms with E-state index in [1.807, 2.05) is 6.08 Å². The minimum absolute atomic E-state index is 0.224. The predicted octanol–water partition coefficient (Wildman–Crippen LogP) is 2.10. The fraction of sp³-hybridized carbons (Fsp3) is 0. The Morgan fingerprint density at radius 3 is 2.71 bits per heavy atom. The molecule has 0 saturated carbocycles. The van der Waals surface area contributed by atoms with Crippen molar-refractivity contribution in [3.8, 4) is 0 Å². The summed E-state index contributed by atoms with van der Waals surface area (Å²) in [5.74, 6) is 0. The first kappa shape index (κ1) is 5.56. The van der Waals surface area contributed by atoms with Crippen LogP contribution in [0.15, 0.2) is 21.1 Å². The van der Waals surface area contributed by atoms with Crippen LogP contribution in [0, 0.1) is 0 Å². The maximum atomic E-state index is 4.14. The third-order valence-corrected chi connectivity index (χ3v) is 3.22. The van der Waals surface area contributed by atoms with E-state index in [2.05, 4.69) is 26.8 Å². The maximum Gasteiger partial charge on any atom is 0.00969 e. The average molecular weight is 224 g/mol. The van der Waals surface area contributed by atoms with Gasteiger partial charge in [0.15, 0.2) is 0 Å². The molecule has 0 unspecified atom stereocenters. The summed E-state index contributed by atoms with van der Waals surface area (Å²) in [6.45, 7) is 0. The number of halogens is 1. The summed E-state index contributed by atoms with van der Waals surface area (Å²) in [5.41, 5.74) is 0. The van der Waals surface area contributed by atoms with Crippen LogP contribution in [0.1, 0.15) is 0 Å². The number of rotatable bonds is 0. The van der Waals surface area contributed by atoms with E-state index < -0.39 is 0 Å². The SMILES string of the molecule is SC1=CI=CC=C1. The van der Waals surface area contributed by atoms with Gasteiger partial charge in [0.1, 0.15) is 0 Å². The standard InChI is InChI=1S/C5H5IS/c7-5-2-1-3-6-4-5/h1-4,7H. The van der Waals surface area contributed by atoms with Gasteiger partial charge in [0.2, 0.25) is 0 Å².